The Morgan fingerprint density at radius 2 is 2.05 bits per heavy atom. The maximum absolute atomic E-state index is 6.16. The van der Waals surface area contributed by atoms with Crippen LogP contribution in [0.2, 0.25) is 0 Å². The highest BCUT2D eigenvalue weighted by Crippen LogP contribution is 2.31. The Kier molecular flexibility index (Phi) is 4.48. The van der Waals surface area contributed by atoms with Gasteiger partial charge >= 0.3 is 0 Å². The topological polar surface area (TPSA) is 50.5 Å². The van der Waals surface area contributed by atoms with Crippen molar-refractivity contribution in [1.29, 1.82) is 0 Å². The van der Waals surface area contributed by atoms with Crippen molar-refractivity contribution in [3.05, 3.63) is 29.3 Å². The second kappa shape index (κ2) is 6.34. The molecule has 2 aliphatic rings. The number of piperidine rings is 1. The summed E-state index contributed by atoms with van der Waals surface area (Å²) in [6.07, 6.45) is 7.13. The van der Waals surface area contributed by atoms with Crippen LogP contribution < -0.4 is 15.9 Å². The van der Waals surface area contributed by atoms with Gasteiger partial charge in [0.2, 0.25) is 0 Å². The predicted octanol–water partition coefficient (Wildman–Crippen LogP) is 1.87. The molecule has 116 valence electrons. The number of aryl methyl sites for hydroxylation is 1. The van der Waals surface area contributed by atoms with Gasteiger partial charge in [-0.3, -0.25) is 0 Å². The van der Waals surface area contributed by atoms with Gasteiger partial charge in [-0.25, -0.2) is 10.4 Å². The molecule has 1 aromatic carbocycles. The molecular formula is C17H27N3O. The maximum Gasteiger partial charge on any atom is 0.119 e. The van der Waals surface area contributed by atoms with Crippen LogP contribution in [0.5, 0.6) is 5.75 Å². The molecule has 4 nitrogen and oxygen atoms in total. The monoisotopic (exact) mass is 289 g/mol. The number of hydrogen-bond acceptors (Lipinski definition) is 4. The molecule has 0 bridgehead atoms. The van der Waals surface area contributed by atoms with E-state index in [1.54, 1.807) is 7.11 Å². The number of benzene rings is 1. The van der Waals surface area contributed by atoms with E-state index >= 15 is 0 Å². The van der Waals surface area contributed by atoms with Gasteiger partial charge in [-0.1, -0.05) is 12.5 Å². The minimum atomic E-state index is 0.0106. The molecule has 0 saturated carbocycles. The van der Waals surface area contributed by atoms with E-state index in [0.717, 1.165) is 38.1 Å². The van der Waals surface area contributed by atoms with E-state index in [1.165, 1.54) is 30.4 Å². The third kappa shape index (κ3) is 3.23. The summed E-state index contributed by atoms with van der Waals surface area (Å²) in [5.74, 6) is 0.944. The highest BCUT2D eigenvalue weighted by atomic mass is 16.5. The lowest BCUT2D eigenvalue weighted by atomic mass is 9.78. The van der Waals surface area contributed by atoms with E-state index in [-0.39, 0.29) is 5.54 Å². The van der Waals surface area contributed by atoms with Crippen LogP contribution in [0.3, 0.4) is 0 Å². The van der Waals surface area contributed by atoms with Crippen molar-refractivity contribution in [2.75, 3.05) is 26.7 Å². The number of methoxy groups -OCH3 is 1. The van der Waals surface area contributed by atoms with E-state index in [0.29, 0.717) is 6.54 Å². The Morgan fingerprint density at radius 3 is 2.76 bits per heavy atom. The molecule has 1 heterocycles. The zero-order valence-corrected chi connectivity index (χ0v) is 13.0. The summed E-state index contributed by atoms with van der Waals surface area (Å²) >= 11 is 0. The number of fused-ring (bicyclic) bond motifs is 1. The van der Waals surface area contributed by atoms with Crippen LogP contribution >= 0.6 is 0 Å². The average Bonchev–Trinajstić information content (AvgIpc) is 2.55. The number of hydrogen-bond donors (Lipinski definition) is 2. The van der Waals surface area contributed by atoms with E-state index in [9.17, 15) is 0 Å². The summed E-state index contributed by atoms with van der Waals surface area (Å²) in [5, 5.41) is 2.39. The molecule has 1 aliphatic heterocycles. The standard InChI is InChI=1S/C17H27N3O/c1-21-16-6-5-14-7-8-17(13-18,12-15(14)11-16)19-20-9-3-2-4-10-20/h5-6,11,19H,2-4,7-10,12-13,18H2,1H3. The summed E-state index contributed by atoms with van der Waals surface area (Å²) in [4.78, 5) is 0. The van der Waals surface area contributed by atoms with Crippen molar-refractivity contribution < 1.29 is 4.74 Å². The van der Waals surface area contributed by atoms with Gasteiger partial charge in [0.25, 0.3) is 0 Å². The molecule has 0 radical (unpaired) electrons. The molecule has 1 aliphatic carbocycles. The third-order valence-corrected chi connectivity index (χ3v) is 4.96. The number of hydrazine groups is 1. The Morgan fingerprint density at radius 1 is 1.24 bits per heavy atom. The average molecular weight is 289 g/mol. The second-order valence-electron chi connectivity index (χ2n) is 6.46. The van der Waals surface area contributed by atoms with Crippen molar-refractivity contribution in [2.24, 2.45) is 5.73 Å². The van der Waals surface area contributed by atoms with Crippen molar-refractivity contribution in [2.45, 2.75) is 44.1 Å². The van der Waals surface area contributed by atoms with Gasteiger partial charge in [0.05, 0.1) is 7.11 Å². The lowest BCUT2D eigenvalue weighted by Crippen LogP contribution is -2.61. The second-order valence-corrected chi connectivity index (χ2v) is 6.46. The molecule has 3 rings (SSSR count). The number of nitrogens with two attached hydrogens (primary N) is 1. The van der Waals surface area contributed by atoms with Crippen LogP contribution in [-0.2, 0) is 12.8 Å². The normalized spacial score (nSPS) is 26.4. The van der Waals surface area contributed by atoms with Crippen molar-refractivity contribution in [3.63, 3.8) is 0 Å². The number of nitrogens with one attached hydrogen (secondary N) is 1. The lowest BCUT2D eigenvalue weighted by molar-refractivity contribution is 0.0748. The number of rotatable bonds is 4. The first-order valence-electron chi connectivity index (χ1n) is 8.13. The fraction of sp³-hybridized carbons (Fsp3) is 0.647. The Labute approximate surface area is 127 Å². The number of ether oxygens (including phenoxy) is 1. The van der Waals surface area contributed by atoms with E-state index in [4.69, 9.17) is 10.5 Å². The minimum Gasteiger partial charge on any atom is -0.497 e. The lowest BCUT2D eigenvalue weighted by Gasteiger charge is -2.43. The summed E-state index contributed by atoms with van der Waals surface area (Å²) in [7, 11) is 1.73. The van der Waals surface area contributed by atoms with E-state index < -0.39 is 0 Å². The van der Waals surface area contributed by atoms with Gasteiger partial charge in [0, 0.05) is 25.2 Å². The molecule has 1 aromatic rings. The van der Waals surface area contributed by atoms with Crippen LogP contribution in [0.4, 0.5) is 0 Å². The molecular weight excluding hydrogens is 262 g/mol. The molecule has 1 atom stereocenters. The Bertz CT molecular complexity index is 485. The number of nitrogens with zero attached hydrogens (tertiary/aromatic N) is 1. The van der Waals surface area contributed by atoms with Crippen LogP contribution in [0.1, 0.15) is 36.8 Å². The predicted molar refractivity (Wildman–Crippen MR) is 85.4 cm³/mol. The quantitative estimate of drug-likeness (QED) is 0.888. The van der Waals surface area contributed by atoms with Crippen molar-refractivity contribution in [3.8, 4) is 5.75 Å². The summed E-state index contributed by atoms with van der Waals surface area (Å²) in [5.41, 5.74) is 12.8. The first-order chi connectivity index (χ1) is 10.2. The smallest absolute Gasteiger partial charge is 0.119 e. The van der Waals surface area contributed by atoms with E-state index in [2.05, 4.69) is 28.6 Å². The summed E-state index contributed by atoms with van der Waals surface area (Å²) in [6, 6.07) is 6.44. The minimum absolute atomic E-state index is 0.0106. The molecule has 1 saturated heterocycles. The molecule has 0 spiro atoms. The van der Waals surface area contributed by atoms with Gasteiger partial charge in [-0.2, -0.15) is 0 Å². The SMILES string of the molecule is COc1ccc2c(c1)CC(CN)(NN1CCCCC1)CC2. The van der Waals surface area contributed by atoms with Crippen molar-refractivity contribution >= 4 is 0 Å². The van der Waals surface area contributed by atoms with Crippen molar-refractivity contribution in [1.82, 2.24) is 10.4 Å². The maximum atomic E-state index is 6.16. The molecule has 1 unspecified atom stereocenters. The largest absolute Gasteiger partial charge is 0.497 e. The van der Waals surface area contributed by atoms with Crippen LogP contribution in [0, 0.1) is 0 Å². The van der Waals surface area contributed by atoms with Gasteiger partial charge in [0.15, 0.2) is 0 Å². The Hall–Kier alpha value is -1.10. The summed E-state index contributed by atoms with van der Waals surface area (Å²) < 4.78 is 5.37. The molecule has 1 fully saturated rings. The third-order valence-electron chi connectivity index (χ3n) is 4.96. The summed E-state index contributed by atoms with van der Waals surface area (Å²) in [6.45, 7) is 2.97. The fourth-order valence-electron chi connectivity index (χ4n) is 3.62. The highest BCUT2D eigenvalue weighted by molar-refractivity contribution is 5.39. The van der Waals surface area contributed by atoms with Crippen LogP contribution in [-0.4, -0.2) is 37.3 Å². The molecule has 0 amide bonds. The molecule has 21 heavy (non-hydrogen) atoms. The van der Waals surface area contributed by atoms with Gasteiger partial charge in [0.1, 0.15) is 5.75 Å². The first-order valence-corrected chi connectivity index (χ1v) is 8.13. The van der Waals surface area contributed by atoms with E-state index in [1.807, 2.05) is 0 Å². The van der Waals surface area contributed by atoms with Gasteiger partial charge < -0.3 is 10.5 Å². The van der Waals surface area contributed by atoms with Gasteiger partial charge in [-0.15, -0.1) is 0 Å². The highest BCUT2D eigenvalue weighted by Gasteiger charge is 2.35. The zero-order valence-electron chi connectivity index (χ0n) is 13.0. The zero-order chi connectivity index (χ0) is 14.7. The molecule has 4 heteroatoms. The fourth-order valence-corrected chi connectivity index (χ4v) is 3.62. The van der Waals surface area contributed by atoms with Crippen LogP contribution in [0.25, 0.3) is 0 Å². The molecule has 3 N–H and O–H groups in total. The first kappa shape index (κ1) is 14.8. The van der Waals surface area contributed by atoms with Crippen LogP contribution in [0.15, 0.2) is 18.2 Å². The Balaban J connectivity index is 1.76. The molecule has 0 aromatic heterocycles. The van der Waals surface area contributed by atoms with Gasteiger partial charge in [-0.05, 0) is 55.4 Å².